The molecule has 0 radical (unpaired) electrons. The highest BCUT2D eigenvalue weighted by atomic mass is 35.5. The van der Waals surface area contributed by atoms with E-state index in [1.807, 2.05) is 0 Å². The van der Waals surface area contributed by atoms with E-state index in [0.29, 0.717) is 18.1 Å². The van der Waals surface area contributed by atoms with Crippen LogP contribution >= 0.6 is 11.6 Å². The number of rotatable bonds is 4. The van der Waals surface area contributed by atoms with Crippen LogP contribution in [-0.4, -0.2) is 35.8 Å². The lowest BCUT2D eigenvalue weighted by atomic mass is 10.1. The van der Waals surface area contributed by atoms with E-state index in [1.54, 1.807) is 31.2 Å². The lowest BCUT2D eigenvalue weighted by Gasteiger charge is -2.29. The summed E-state index contributed by atoms with van der Waals surface area (Å²) in [6.45, 7) is 2.05. The predicted molar refractivity (Wildman–Crippen MR) is 77.6 cm³/mol. The number of imide groups is 1. The molecule has 0 aromatic heterocycles. The second-order valence-corrected chi connectivity index (χ2v) is 5.35. The van der Waals surface area contributed by atoms with Gasteiger partial charge < -0.3 is 10.6 Å². The summed E-state index contributed by atoms with van der Waals surface area (Å²) in [6, 6.07) is 6.52. The minimum atomic E-state index is -0.528. The highest BCUT2D eigenvalue weighted by Gasteiger charge is 2.32. The van der Waals surface area contributed by atoms with Crippen LogP contribution in [0.1, 0.15) is 12.5 Å². The first-order chi connectivity index (χ1) is 9.97. The van der Waals surface area contributed by atoms with E-state index in [4.69, 9.17) is 11.6 Å². The van der Waals surface area contributed by atoms with E-state index in [9.17, 15) is 14.4 Å². The maximum Gasteiger partial charge on any atom is 0.324 e. The van der Waals surface area contributed by atoms with Crippen LogP contribution < -0.4 is 10.6 Å². The summed E-state index contributed by atoms with van der Waals surface area (Å²) in [5.74, 6) is -1.03. The fourth-order valence-corrected chi connectivity index (χ4v) is 2.07. The number of nitrogens with zero attached hydrogens (tertiary/aromatic N) is 1. The van der Waals surface area contributed by atoms with E-state index < -0.39 is 6.03 Å². The highest BCUT2D eigenvalue weighted by Crippen LogP contribution is 2.10. The predicted octanol–water partition coefficient (Wildman–Crippen LogP) is 1.14. The molecule has 0 spiro atoms. The van der Waals surface area contributed by atoms with Gasteiger partial charge in [0.1, 0.15) is 6.54 Å². The molecule has 1 aromatic rings. The van der Waals surface area contributed by atoms with Crippen LogP contribution in [0.15, 0.2) is 24.3 Å². The lowest BCUT2D eigenvalue weighted by Crippen LogP contribution is -2.56. The Kier molecular flexibility index (Phi) is 4.80. The van der Waals surface area contributed by atoms with Crippen molar-refractivity contribution in [3.63, 3.8) is 0 Å². The molecule has 21 heavy (non-hydrogen) atoms. The topological polar surface area (TPSA) is 78.5 Å². The molecule has 1 heterocycles. The molecule has 0 saturated carbocycles. The Balaban J connectivity index is 1.87. The van der Waals surface area contributed by atoms with Crippen molar-refractivity contribution in [1.29, 1.82) is 0 Å². The normalized spacial score (nSPS) is 18.4. The SMILES string of the molecule is C[C@H]1CNC(=O)N(CC(=O)NCc2ccc(Cl)cc2)C1=O. The monoisotopic (exact) mass is 309 g/mol. The zero-order valence-corrected chi connectivity index (χ0v) is 12.3. The van der Waals surface area contributed by atoms with Gasteiger partial charge in [-0.1, -0.05) is 30.7 Å². The van der Waals surface area contributed by atoms with E-state index >= 15 is 0 Å². The summed E-state index contributed by atoms with van der Waals surface area (Å²) in [5, 5.41) is 5.85. The average Bonchev–Trinajstić information content (AvgIpc) is 2.47. The third-order valence-electron chi connectivity index (χ3n) is 3.20. The molecule has 112 valence electrons. The molecule has 4 amide bonds. The zero-order valence-electron chi connectivity index (χ0n) is 11.6. The van der Waals surface area contributed by atoms with Gasteiger partial charge in [-0.15, -0.1) is 0 Å². The fraction of sp³-hybridized carbons (Fsp3) is 0.357. The van der Waals surface area contributed by atoms with Crippen LogP contribution in [0.4, 0.5) is 4.79 Å². The van der Waals surface area contributed by atoms with Crippen LogP contribution in [0.5, 0.6) is 0 Å². The van der Waals surface area contributed by atoms with Crippen molar-refractivity contribution in [2.75, 3.05) is 13.1 Å². The molecule has 1 aromatic carbocycles. The van der Waals surface area contributed by atoms with Gasteiger partial charge in [-0.25, -0.2) is 4.79 Å². The van der Waals surface area contributed by atoms with Crippen molar-refractivity contribution in [1.82, 2.24) is 15.5 Å². The molecule has 1 aliphatic heterocycles. The van der Waals surface area contributed by atoms with Gasteiger partial charge in [-0.05, 0) is 17.7 Å². The number of halogens is 1. The Labute approximate surface area is 127 Å². The Bertz CT molecular complexity index is 559. The van der Waals surface area contributed by atoms with Crippen LogP contribution in [0.3, 0.4) is 0 Å². The molecule has 1 atom stereocenters. The second-order valence-electron chi connectivity index (χ2n) is 4.91. The average molecular weight is 310 g/mol. The molecule has 1 aliphatic rings. The van der Waals surface area contributed by atoms with Gasteiger partial charge in [0.25, 0.3) is 0 Å². The highest BCUT2D eigenvalue weighted by molar-refractivity contribution is 6.30. The molecule has 1 fully saturated rings. The van der Waals surface area contributed by atoms with Crippen molar-refractivity contribution in [2.45, 2.75) is 13.5 Å². The van der Waals surface area contributed by atoms with Gasteiger partial charge in [0.2, 0.25) is 11.8 Å². The lowest BCUT2D eigenvalue weighted by molar-refractivity contribution is -0.137. The van der Waals surface area contributed by atoms with Crippen molar-refractivity contribution < 1.29 is 14.4 Å². The Morgan fingerprint density at radius 2 is 2.05 bits per heavy atom. The van der Waals surface area contributed by atoms with Gasteiger partial charge >= 0.3 is 6.03 Å². The first-order valence-corrected chi connectivity index (χ1v) is 6.95. The van der Waals surface area contributed by atoms with Crippen molar-refractivity contribution in [2.24, 2.45) is 5.92 Å². The zero-order chi connectivity index (χ0) is 15.4. The summed E-state index contributed by atoms with van der Waals surface area (Å²) in [4.78, 5) is 36.2. The summed E-state index contributed by atoms with van der Waals surface area (Å²) in [5.41, 5.74) is 0.885. The first kappa shape index (κ1) is 15.3. The van der Waals surface area contributed by atoms with Crippen molar-refractivity contribution in [3.05, 3.63) is 34.9 Å². The van der Waals surface area contributed by atoms with E-state index in [1.165, 1.54) is 0 Å². The molecule has 7 heteroatoms. The minimum absolute atomic E-state index is 0.275. The number of urea groups is 1. The smallest absolute Gasteiger partial charge is 0.324 e. The van der Waals surface area contributed by atoms with E-state index in [0.717, 1.165) is 10.5 Å². The molecule has 0 bridgehead atoms. The first-order valence-electron chi connectivity index (χ1n) is 6.57. The maximum absolute atomic E-state index is 11.9. The number of benzene rings is 1. The number of carbonyl (C=O) groups excluding carboxylic acids is 3. The molecule has 0 unspecified atom stereocenters. The number of amides is 4. The Morgan fingerprint density at radius 3 is 2.71 bits per heavy atom. The molecular weight excluding hydrogens is 294 g/mol. The second kappa shape index (κ2) is 6.58. The molecular formula is C14H16ClN3O3. The number of hydrogen-bond donors (Lipinski definition) is 2. The molecule has 0 aliphatic carbocycles. The van der Waals surface area contributed by atoms with Crippen LogP contribution in [0, 0.1) is 5.92 Å². The Hall–Kier alpha value is -2.08. The molecule has 6 nitrogen and oxygen atoms in total. The van der Waals surface area contributed by atoms with Gasteiger partial charge in [0.05, 0.1) is 5.92 Å². The number of carbonyl (C=O) groups is 3. The number of hydrogen-bond acceptors (Lipinski definition) is 3. The standard InChI is InChI=1S/C14H16ClN3O3/c1-9-6-17-14(21)18(13(9)20)8-12(19)16-7-10-2-4-11(15)5-3-10/h2-5,9H,6-8H2,1H3,(H,16,19)(H,17,21)/t9-/m0/s1. The fourth-order valence-electron chi connectivity index (χ4n) is 1.94. The van der Waals surface area contributed by atoms with Gasteiger partial charge in [-0.2, -0.15) is 0 Å². The third-order valence-corrected chi connectivity index (χ3v) is 3.45. The van der Waals surface area contributed by atoms with E-state index in [-0.39, 0.29) is 24.3 Å². The van der Waals surface area contributed by atoms with Gasteiger partial charge in [0, 0.05) is 18.1 Å². The minimum Gasteiger partial charge on any atom is -0.350 e. The third kappa shape index (κ3) is 3.95. The van der Waals surface area contributed by atoms with Gasteiger partial charge in [0.15, 0.2) is 0 Å². The molecule has 2 rings (SSSR count). The van der Waals surface area contributed by atoms with Gasteiger partial charge in [-0.3, -0.25) is 14.5 Å². The maximum atomic E-state index is 11.9. The van der Waals surface area contributed by atoms with Crippen LogP contribution in [-0.2, 0) is 16.1 Å². The van der Waals surface area contributed by atoms with E-state index in [2.05, 4.69) is 10.6 Å². The van der Waals surface area contributed by atoms with Crippen molar-refractivity contribution in [3.8, 4) is 0 Å². The number of nitrogens with one attached hydrogen (secondary N) is 2. The summed E-state index contributed by atoms with van der Waals surface area (Å²) in [7, 11) is 0. The summed E-state index contributed by atoms with van der Waals surface area (Å²) in [6.07, 6.45) is 0. The van der Waals surface area contributed by atoms with Crippen LogP contribution in [0.25, 0.3) is 0 Å². The Morgan fingerprint density at radius 1 is 1.38 bits per heavy atom. The van der Waals surface area contributed by atoms with Crippen molar-refractivity contribution >= 4 is 29.4 Å². The quantitative estimate of drug-likeness (QED) is 0.875. The molecule has 2 N–H and O–H groups in total. The summed E-state index contributed by atoms with van der Waals surface area (Å²) >= 11 is 5.77. The largest absolute Gasteiger partial charge is 0.350 e. The summed E-state index contributed by atoms with van der Waals surface area (Å²) < 4.78 is 0. The molecule has 1 saturated heterocycles. The van der Waals surface area contributed by atoms with Crippen LogP contribution in [0.2, 0.25) is 5.02 Å².